The lowest BCUT2D eigenvalue weighted by Crippen LogP contribution is -2.64. The summed E-state index contributed by atoms with van der Waals surface area (Å²) < 4.78 is 0. The molecule has 7 rings (SSSR count). The third-order valence-electron chi connectivity index (χ3n) is 8.25. The molecule has 0 amide bonds. The number of fused-ring (bicyclic) bond motifs is 1. The van der Waals surface area contributed by atoms with E-state index in [0.717, 1.165) is 36.7 Å². The van der Waals surface area contributed by atoms with Crippen LogP contribution in [0.25, 0.3) is 10.9 Å². The monoisotopic (exact) mass is 398 g/mol. The molecule has 3 aliphatic carbocycles. The highest BCUT2D eigenvalue weighted by Gasteiger charge is 2.53. The topological polar surface area (TPSA) is 39.3 Å². The van der Waals surface area contributed by atoms with E-state index < -0.39 is 0 Å². The van der Waals surface area contributed by atoms with Gasteiger partial charge in [-0.25, -0.2) is 0 Å². The molecule has 0 radical (unpaired) electrons. The Labute approximate surface area is 172 Å². The van der Waals surface area contributed by atoms with Crippen molar-refractivity contribution in [1.29, 1.82) is 0 Å². The summed E-state index contributed by atoms with van der Waals surface area (Å²) in [6.45, 7) is 3.54. The number of aliphatic hydroxyl groups is 1. The van der Waals surface area contributed by atoms with E-state index in [1.54, 1.807) is 0 Å². The van der Waals surface area contributed by atoms with Gasteiger partial charge in [-0.1, -0.05) is 18.5 Å². The van der Waals surface area contributed by atoms with Gasteiger partial charge in [0.15, 0.2) is 0 Å². The van der Waals surface area contributed by atoms with Gasteiger partial charge in [0.25, 0.3) is 0 Å². The zero-order valence-corrected chi connectivity index (χ0v) is 17.5. The highest BCUT2D eigenvalue weighted by atomic mass is 35.5. The van der Waals surface area contributed by atoms with Crippen molar-refractivity contribution >= 4 is 22.5 Å². The van der Waals surface area contributed by atoms with Gasteiger partial charge in [-0.05, 0) is 98.9 Å². The lowest BCUT2D eigenvalue weighted by molar-refractivity contribution is -0.157. The molecule has 5 fully saturated rings. The molecule has 2 aromatic rings. The molecule has 1 aromatic heterocycles. The van der Waals surface area contributed by atoms with Crippen LogP contribution in [0.1, 0.15) is 81.3 Å². The van der Waals surface area contributed by atoms with Crippen molar-refractivity contribution in [1.82, 2.24) is 9.88 Å². The highest BCUT2D eigenvalue weighted by Crippen LogP contribution is 2.52. The second-order valence-corrected chi connectivity index (χ2v) is 10.7. The molecule has 28 heavy (non-hydrogen) atoms. The van der Waals surface area contributed by atoms with E-state index in [1.165, 1.54) is 54.1 Å². The molecule has 2 aliphatic heterocycles. The Hall–Kier alpha value is -1.03. The smallest absolute Gasteiger partial charge is 0.0680 e. The maximum atomic E-state index is 10.8. The molecule has 3 saturated carbocycles. The Kier molecular flexibility index (Phi) is 3.96. The lowest BCUT2D eigenvalue weighted by atomic mass is 9.61. The van der Waals surface area contributed by atoms with Crippen LogP contribution < -0.4 is 0 Å². The standard InChI is InChI=1S/C24H31ClN2O/c1-14(6-7-27-17-8-15-9-18(27)12-24(28,10-15)11-17)19-13-26-21-5-4-20(25)22(23(19)21)16-2-3-16/h4-5,13-18,26,28H,2-3,6-12H2,1H3. The average Bonchev–Trinajstić information content (AvgIpc) is 3.37. The Morgan fingerprint density at radius 1 is 1.21 bits per heavy atom. The van der Waals surface area contributed by atoms with Gasteiger partial charge in [0.05, 0.1) is 5.60 Å². The number of hydrogen-bond acceptors (Lipinski definition) is 2. The summed E-state index contributed by atoms with van der Waals surface area (Å²) in [5.74, 6) is 1.95. The molecule has 1 aromatic carbocycles. The Bertz CT molecular complexity index is 901. The van der Waals surface area contributed by atoms with Gasteiger partial charge in [-0.15, -0.1) is 0 Å². The van der Waals surface area contributed by atoms with Crippen molar-refractivity contribution in [3.05, 3.63) is 34.5 Å². The maximum absolute atomic E-state index is 10.8. The number of aromatic nitrogens is 1. The van der Waals surface area contributed by atoms with Crippen LogP contribution in [-0.2, 0) is 0 Å². The van der Waals surface area contributed by atoms with Crippen molar-refractivity contribution in [2.24, 2.45) is 5.92 Å². The summed E-state index contributed by atoms with van der Waals surface area (Å²) in [4.78, 5) is 6.26. The molecule has 3 nitrogen and oxygen atoms in total. The lowest BCUT2D eigenvalue weighted by Gasteiger charge is -2.60. The SMILES string of the molecule is CC(CCN1C2CC3CC1CC(O)(C3)C2)c1c[nH]c2ccc(Cl)c(C3CC3)c12. The second-order valence-electron chi connectivity index (χ2n) is 10.3. The van der Waals surface area contributed by atoms with Crippen molar-refractivity contribution < 1.29 is 5.11 Å². The van der Waals surface area contributed by atoms with Crippen molar-refractivity contribution in [3.63, 3.8) is 0 Å². The quantitative estimate of drug-likeness (QED) is 0.691. The average molecular weight is 399 g/mol. The Morgan fingerprint density at radius 2 is 1.96 bits per heavy atom. The van der Waals surface area contributed by atoms with Crippen LogP contribution in [0.3, 0.4) is 0 Å². The van der Waals surface area contributed by atoms with Gasteiger partial charge < -0.3 is 10.1 Å². The third-order valence-corrected chi connectivity index (χ3v) is 8.58. The molecule has 3 unspecified atom stereocenters. The molecule has 0 spiro atoms. The predicted molar refractivity (Wildman–Crippen MR) is 114 cm³/mol. The first-order valence-corrected chi connectivity index (χ1v) is 11.7. The minimum Gasteiger partial charge on any atom is -0.390 e. The van der Waals surface area contributed by atoms with Gasteiger partial charge in [-0.3, -0.25) is 4.90 Å². The summed E-state index contributed by atoms with van der Waals surface area (Å²) in [6.07, 6.45) is 11.6. The van der Waals surface area contributed by atoms with Gasteiger partial charge in [-0.2, -0.15) is 0 Å². The minimum atomic E-state index is -0.342. The molecule has 3 atom stereocenters. The molecule has 2 saturated heterocycles. The van der Waals surface area contributed by atoms with E-state index in [9.17, 15) is 5.11 Å². The van der Waals surface area contributed by atoms with Gasteiger partial charge >= 0.3 is 0 Å². The normalized spacial score (nSPS) is 35.8. The largest absolute Gasteiger partial charge is 0.390 e. The summed E-state index contributed by atoms with van der Waals surface area (Å²) in [7, 11) is 0. The van der Waals surface area contributed by atoms with E-state index in [4.69, 9.17) is 11.6 Å². The summed E-state index contributed by atoms with van der Waals surface area (Å²) in [5, 5.41) is 13.2. The maximum Gasteiger partial charge on any atom is 0.0680 e. The number of nitrogens with zero attached hydrogens (tertiary/aromatic N) is 1. The molecule has 150 valence electrons. The first-order valence-electron chi connectivity index (χ1n) is 11.3. The molecule has 3 heterocycles. The third kappa shape index (κ3) is 2.77. The number of hydrogen-bond donors (Lipinski definition) is 2. The fraction of sp³-hybridized carbons (Fsp3) is 0.667. The van der Waals surface area contributed by atoms with E-state index in [-0.39, 0.29) is 5.60 Å². The van der Waals surface area contributed by atoms with E-state index in [2.05, 4.69) is 35.1 Å². The predicted octanol–water partition coefficient (Wildman–Crippen LogP) is 5.57. The number of aromatic amines is 1. The second kappa shape index (κ2) is 6.23. The van der Waals surface area contributed by atoms with Crippen molar-refractivity contribution in [2.45, 2.75) is 87.8 Å². The fourth-order valence-corrected chi connectivity index (χ4v) is 7.26. The van der Waals surface area contributed by atoms with Crippen LogP contribution in [0, 0.1) is 5.92 Å². The van der Waals surface area contributed by atoms with Crippen LogP contribution in [-0.4, -0.2) is 39.2 Å². The zero-order chi connectivity index (χ0) is 19.0. The molecule has 5 aliphatic rings. The molecular weight excluding hydrogens is 368 g/mol. The highest BCUT2D eigenvalue weighted by molar-refractivity contribution is 6.32. The number of H-pyrrole nitrogens is 1. The van der Waals surface area contributed by atoms with E-state index in [1.807, 2.05) is 0 Å². The van der Waals surface area contributed by atoms with Crippen LogP contribution in [0.5, 0.6) is 0 Å². The van der Waals surface area contributed by atoms with Gasteiger partial charge in [0, 0.05) is 34.2 Å². The number of halogens is 1. The van der Waals surface area contributed by atoms with Crippen LogP contribution in [0.2, 0.25) is 5.02 Å². The molecular formula is C24H31ClN2O. The Morgan fingerprint density at radius 3 is 2.64 bits per heavy atom. The van der Waals surface area contributed by atoms with Crippen LogP contribution in [0.4, 0.5) is 0 Å². The van der Waals surface area contributed by atoms with Crippen LogP contribution >= 0.6 is 11.6 Å². The van der Waals surface area contributed by atoms with Crippen molar-refractivity contribution in [2.75, 3.05) is 6.54 Å². The minimum absolute atomic E-state index is 0.342. The number of piperidine rings is 2. The van der Waals surface area contributed by atoms with Crippen molar-refractivity contribution in [3.8, 4) is 0 Å². The molecule has 4 bridgehead atoms. The Balaban J connectivity index is 1.23. The number of rotatable bonds is 5. The molecule has 4 heteroatoms. The van der Waals surface area contributed by atoms with Gasteiger partial charge in [0.1, 0.15) is 0 Å². The van der Waals surface area contributed by atoms with E-state index >= 15 is 0 Å². The first-order chi connectivity index (χ1) is 13.5. The number of nitrogens with one attached hydrogen (secondary N) is 1. The van der Waals surface area contributed by atoms with Gasteiger partial charge in [0.2, 0.25) is 0 Å². The number of benzene rings is 1. The summed E-state index contributed by atoms with van der Waals surface area (Å²) >= 11 is 6.62. The summed E-state index contributed by atoms with van der Waals surface area (Å²) in [5.41, 5.74) is 3.73. The first kappa shape index (κ1) is 17.8. The van der Waals surface area contributed by atoms with E-state index in [0.29, 0.717) is 23.9 Å². The fourth-order valence-electron chi connectivity index (χ4n) is 6.94. The molecule has 2 N–H and O–H groups in total. The van der Waals surface area contributed by atoms with Crippen LogP contribution in [0.15, 0.2) is 18.3 Å². The zero-order valence-electron chi connectivity index (χ0n) is 16.8. The summed E-state index contributed by atoms with van der Waals surface area (Å²) in [6, 6.07) is 5.43.